The van der Waals surface area contributed by atoms with Crippen LogP contribution in [0.2, 0.25) is 0 Å². The highest BCUT2D eigenvalue weighted by Crippen LogP contribution is 2.34. The lowest BCUT2D eigenvalue weighted by Crippen LogP contribution is -2.33. The van der Waals surface area contributed by atoms with Crippen LogP contribution in [0.25, 0.3) is 0 Å². The number of hydrogen-bond acceptors (Lipinski definition) is 10. The van der Waals surface area contributed by atoms with Crippen LogP contribution in [0.4, 0.5) is 28.4 Å². The quantitative estimate of drug-likeness (QED) is 0.150. The number of amides is 3. The number of anilines is 2. The van der Waals surface area contributed by atoms with Gasteiger partial charge in [0.05, 0.1) is 32.9 Å². The summed E-state index contributed by atoms with van der Waals surface area (Å²) in [5, 5.41) is 41.0. The van der Waals surface area contributed by atoms with Crippen molar-refractivity contribution in [1.82, 2.24) is 4.90 Å². The minimum Gasteiger partial charge on any atom is -0.372 e. The molecule has 3 aromatic carbocycles. The predicted octanol–water partition coefficient (Wildman–Crippen LogP) is 5.22. The molecule has 0 radical (unpaired) electrons. The average Bonchev–Trinajstić information content (AvgIpc) is 3.22. The molecule has 0 atom stereocenters. The first kappa shape index (κ1) is 29.0. The van der Waals surface area contributed by atoms with E-state index in [1.54, 1.807) is 54.6 Å². The number of benzene rings is 3. The Balaban J connectivity index is 1.55. The van der Waals surface area contributed by atoms with E-state index in [4.69, 9.17) is 0 Å². The summed E-state index contributed by atoms with van der Waals surface area (Å²) in [5.74, 6) is -0.995. The SMILES string of the molecule is CCN(CCCN1C(=O)c2ccccc2C1=O)c1ccc(/N=N/c2c(C#N)cc([N+](=O)[O-])cc2C#N)c(NC(C)=O)c1. The number of nitro groups is 1. The number of rotatable bonds is 10. The standard InChI is InChI=1S/C29H24N8O5/c1-3-35(11-6-12-36-28(39)23-7-4-5-8-24(23)29(36)40)21-9-10-25(26(15-21)32-18(2)38)33-34-27-19(16-30)13-22(37(41)42)14-20(27)17-31/h4-5,7-10,13-15H,3,6,11-12H2,1-2H3,(H,32,38)/b34-33+. The molecule has 3 amide bonds. The lowest BCUT2D eigenvalue weighted by molar-refractivity contribution is -0.384. The second kappa shape index (κ2) is 12.5. The average molecular weight is 565 g/mol. The van der Waals surface area contributed by atoms with E-state index in [0.29, 0.717) is 36.3 Å². The molecule has 1 aliphatic heterocycles. The van der Waals surface area contributed by atoms with Gasteiger partial charge in [-0.3, -0.25) is 29.4 Å². The zero-order valence-electron chi connectivity index (χ0n) is 22.7. The van der Waals surface area contributed by atoms with Crippen molar-refractivity contribution in [2.24, 2.45) is 10.2 Å². The number of hydrogen-bond donors (Lipinski definition) is 1. The first-order valence-electron chi connectivity index (χ1n) is 12.8. The maximum atomic E-state index is 12.7. The highest BCUT2D eigenvalue weighted by Gasteiger charge is 2.34. The van der Waals surface area contributed by atoms with Crippen molar-refractivity contribution in [3.8, 4) is 12.1 Å². The minimum atomic E-state index is -0.713. The number of non-ortho nitro benzene ring substituents is 1. The van der Waals surface area contributed by atoms with Crippen molar-refractivity contribution in [3.63, 3.8) is 0 Å². The number of nitro benzene ring substituents is 1. The fraction of sp³-hybridized carbons (Fsp3) is 0.207. The molecule has 4 rings (SSSR count). The van der Waals surface area contributed by atoms with Crippen LogP contribution in [-0.2, 0) is 4.79 Å². The second-order valence-electron chi connectivity index (χ2n) is 9.19. The number of carbonyl (C=O) groups excluding carboxylic acids is 3. The molecule has 0 spiro atoms. The number of nitriles is 2. The number of nitrogens with zero attached hydrogens (tertiary/aromatic N) is 7. The molecule has 1 heterocycles. The molecule has 0 saturated heterocycles. The normalized spacial score (nSPS) is 12.1. The fourth-order valence-electron chi connectivity index (χ4n) is 4.54. The number of fused-ring (bicyclic) bond motifs is 1. The molecule has 1 N–H and O–H groups in total. The van der Waals surface area contributed by atoms with E-state index in [2.05, 4.69) is 15.5 Å². The Labute approximate surface area is 240 Å². The molecular formula is C29H24N8O5. The monoisotopic (exact) mass is 564 g/mol. The lowest BCUT2D eigenvalue weighted by atomic mass is 10.1. The maximum absolute atomic E-state index is 12.7. The van der Waals surface area contributed by atoms with Gasteiger partial charge >= 0.3 is 0 Å². The van der Waals surface area contributed by atoms with Crippen molar-refractivity contribution in [3.05, 3.63) is 87.0 Å². The minimum absolute atomic E-state index is 0.133. The Bertz CT molecular complexity index is 1650. The molecule has 42 heavy (non-hydrogen) atoms. The van der Waals surface area contributed by atoms with Gasteiger partial charge in [-0.05, 0) is 43.7 Å². The van der Waals surface area contributed by atoms with Gasteiger partial charge < -0.3 is 10.2 Å². The molecule has 0 fully saturated rings. The highest BCUT2D eigenvalue weighted by molar-refractivity contribution is 6.21. The van der Waals surface area contributed by atoms with Crippen molar-refractivity contribution < 1.29 is 19.3 Å². The van der Waals surface area contributed by atoms with E-state index >= 15 is 0 Å². The summed E-state index contributed by atoms with van der Waals surface area (Å²) in [6.45, 7) is 4.60. The van der Waals surface area contributed by atoms with Crippen molar-refractivity contribution >= 4 is 46.2 Å². The molecule has 13 heteroatoms. The number of nitrogens with one attached hydrogen (secondary N) is 1. The molecule has 1 aliphatic rings. The van der Waals surface area contributed by atoms with Crippen molar-refractivity contribution in [1.29, 1.82) is 10.5 Å². The summed E-state index contributed by atoms with van der Waals surface area (Å²) in [6, 6.07) is 17.4. The number of imide groups is 1. The Morgan fingerprint density at radius 2 is 1.64 bits per heavy atom. The first-order chi connectivity index (χ1) is 20.2. The summed E-state index contributed by atoms with van der Waals surface area (Å²) in [7, 11) is 0. The van der Waals surface area contributed by atoms with E-state index < -0.39 is 10.6 Å². The molecule has 0 bridgehead atoms. The molecule has 210 valence electrons. The molecule has 0 aliphatic carbocycles. The Morgan fingerprint density at radius 3 is 2.17 bits per heavy atom. The molecule has 0 saturated carbocycles. The van der Waals surface area contributed by atoms with Crippen LogP contribution in [0.3, 0.4) is 0 Å². The largest absolute Gasteiger partial charge is 0.372 e. The smallest absolute Gasteiger partial charge is 0.272 e. The van der Waals surface area contributed by atoms with Crippen LogP contribution in [0.15, 0.2) is 64.8 Å². The van der Waals surface area contributed by atoms with Gasteiger partial charge in [-0.1, -0.05) is 12.1 Å². The molecule has 3 aromatic rings. The predicted molar refractivity (Wildman–Crippen MR) is 152 cm³/mol. The van der Waals surface area contributed by atoms with Gasteiger partial charge in [0, 0.05) is 44.4 Å². The highest BCUT2D eigenvalue weighted by atomic mass is 16.6. The summed E-state index contributed by atoms with van der Waals surface area (Å²) in [6.07, 6.45) is 0.504. The number of azo groups is 1. The van der Waals surface area contributed by atoms with Crippen LogP contribution >= 0.6 is 0 Å². The van der Waals surface area contributed by atoms with Crippen molar-refractivity contribution in [2.45, 2.75) is 20.3 Å². The van der Waals surface area contributed by atoms with Crippen LogP contribution in [-0.4, -0.2) is 47.2 Å². The zero-order chi connectivity index (χ0) is 30.4. The molecular weight excluding hydrogens is 540 g/mol. The van der Waals surface area contributed by atoms with Crippen LogP contribution in [0.5, 0.6) is 0 Å². The Kier molecular flexibility index (Phi) is 8.63. The topological polar surface area (TPSA) is 185 Å². The number of carbonyl (C=O) groups is 3. The van der Waals surface area contributed by atoms with E-state index in [9.17, 15) is 35.0 Å². The third-order valence-electron chi connectivity index (χ3n) is 6.53. The van der Waals surface area contributed by atoms with Gasteiger partial charge in [-0.2, -0.15) is 10.5 Å². The Morgan fingerprint density at radius 1 is 1.02 bits per heavy atom. The second-order valence-corrected chi connectivity index (χ2v) is 9.19. The van der Waals surface area contributed by atoms with Crippen LogP contribution < -0.4 is 10.2 Å². The van der Waals surface area contributed by atoms with Crippen LogP contribution in [0, 0.1) is 32.8 Å². The van der Waals surface area contributed by atoms with Crippen molar-refractivity contribution in [2.75, 3.05) is 29.9 Å². The van der Waals surface area contributed by atoms with E-state index in [1.165, 1.54) is 11.8 Å². The summed E-state index contributed by atoms with van der Waals surface area (Å²) < 4.78 is 0. The third-order valence-corrected chi connectivity index (χ3v) is 6.53. The lowest BCUT2D eigenvalue weighted by Gasteiger charge is -2.25. The molecule has 13 nitrogen and oxygen atoms in total. The van der Waals surface area contributed by atoms with Gasteiger partial charge in [-0.15, -0.1) is 10.2 Å². The maximum Gasteiger partial charge on any atom is 0.272 e. The van der Waals surface area contributed by atoms with Gasteiger partial charge in [-0.25, -0.2) is 0 Å². The Hall–Kier alpha value is -5.95. The summed E-state index contributed by atoms with van der Waals surface area (Å²) in [5.41, 5.74) is 1.11. The van der Waals surface area contributed by atoms with E-state index in [0.717, 1.165) is 17.8 Å². The zero-order valence-corrected chi connectivity index (χ0v) is 22.7. The third kappa shape index (κ3) is 5.95. The molecule has 0 unspecified atom stereocenters. The fourth-order valence-corrected chi connectivity index (χ4v) is 4.54. The van der Waals surface area contributed by atoms with Gasteiger partial charge in [0.2, 0.25) is 5.91 Å². The molecule has 0 aromatic heterocycles. The van der Waals surface area contributed by atoms with E-state index in [-0.39, 0.29) is 46.8 Å². The van der Waals surface area contributed by atoms with Gasteiger partial charge in [0.25, 0.3) is 17.5 Å². The summed E-state index contributed by atoms with van der Waals surface area (Å²) in [4.78, 5) is 51.0. The van der Waals surface area contributed by atoms with Gasteiger partial charge in [0.1, 0.15) is 23.5 Å². The first-order valence-corrected chi connectivity index (χ1v) is 12.8. The van der Waals surface area contributed by atoms with Gasteiger partial charge in [0.15, 0.2) is 0 Å². The summed E-state index contributed by atoms with van der Waals surface area (Å²) >= 11 is 0. The van der Waals surface area contributed by atoms with E-state index in [1.807, 2.05) is 11.8 Å². The van der Waals surface area contributed by atoms with Crippen LogP contribution in [0.1, 0.15) is 52.1 Å².